The van der Waals surface area contributed by atoms with Gasteiger partial charge in [-0.3, -0.25) is 20.4 Å². The summed E-state index contributed by atoms with van der Waals surface area (Å²) in [5, 5.41) is 0. The van der Waals surface area contributed by atoms with E-state index in [2.05, 4.69) is 31.6 Å². The summed E-state index contributed by atoms with van der Waals surface area (Å²) in [5.41, 5.74) is 6.39. The highest BCUT2D eigenvalue weighted by atomic mass is 16.5. The van der Waals surface area contributed by atoms with Gasteiger partial charge < -0.3 is 9.47 Å². The van der Waals surface area contributed by atoms with Crippen molar-refractivity contribution in [2.45, 2.75) is 52.6 Å². The summed E-state index contributed by atoms with van der Waals surface area (Å²) in [5.74, 6) is 0.159. The lowest BCUT2D eigenvalue weighted by Gasteiger charge is -2.20. The normalized spacial score (nSPS) is 12.0. The Hall–Kier alpha value is -3.02. The number of rotatable bonds is 7. The summed E-state index contributed by atoms with van der Waals surface area (Å²) < 4.78 is 11.2. The zero-order chi connectivity index (χ0) is 21.4. The van der Waals surface area contributed by atoms with Crippen molar-refractivity contribution < 1.29 is 19.1 Å². The lowest BCUT2D eigenvalue weighted by molar-refractivity contribution is -0.128. The molecule has 0 aliphatic rings. The molecule has 1 atom stereocenters. The molecule has 2 N–H and O–H groups in total. The molecule has 0 saturated carbocycles. The first-order valence-electron chi connectivity index (χ1n) is 9.81. The average Bonchev–Trinajstić information content (AvgIpc) is 2.70. The van der Waals surface area contributed by atoms with Gasteiger partial charge in [0.1, 0.15) is 11.5 Å². The number of hydrazine groups is 1. The second-order valence-corrected chi connectivity index (χ2v) is 7.82. The summed E-state index contributed by atoms with van der Waals surface area (Å²) >= 11 is 0. The Morgan fingerprint density at radius 3 is 2.28 bits per heavy atom. The number of nitrogens with one attached hydrogen (secondary N) is 2. The number of para-hydroxylation sites is 1. The van der Waals surface area contributed by atoms with Crippen LogP contribution in [0.15, 0.2) is 48.5 Å². The molecule has 0 spiro atoms. The van der Waals surface area contributed by atoms with Gasteiger partial charge in [0.15, 0.2) is 6.10 Å². The smallest absolute Gasteiger partial charge is 0.279 e. The Balaban J connectivity index is 1.91. The molecule has 1 unspecified atom stereocenters. The van der Waals surface area contributed by atoms with Crippen LogP contribution >= 0.6 is 0 Å². The molecule has 0 aliphatic carbocycles. The van der Waals surface area contributed by atoms with Crippen molar-refractivity contribution in [2.24, 2.45) is 0 Å². The largest absolute Gasteiger partial charge is 0.493 e. The van der Waals surface area contributed by atoms with Crippen molar-refractivity contribution in [3.63, 3.8) is 0 Å². The first-order valence-corrected chi connectivity index (χ1v) is 9.81. The third-order valence-corrected chi connectivity index (χ3v) is 4.30. The van der Waals surface area contributed by atoms with Gasteiger partial charge in [-0.15, -0.1) is 0 Å². The first kappa shape index (κ1) is 22.3. The number of hydrogen-bond donors (Lipinski definition) is 2. The van der Waals surface area contributed by atoms with E-state index in [1.165, 1.54) is 5.56 Å². The lowest BCUT2D eigenvalue weighted by atomic mass is 9.87. The van der Waals surface area contributed by atoms with Crippen molar-refractivity contribution >= 4 is 11.8 Å². The van der Waals surface area contributed by atoms with Crippen molar-refractivity contribution in [1.29, 1.82) is 0 Å². The minimum Gasteiger partial charge on any atom is -0.493 e. The molecule has 0 heterocycles. The Kier molecular flexibility index (Phi) is 7.65. The van der Waals surface area contributed by atoms with Gasteiger partial charge in [-0.25, -0.2) is 0 Å². The molecule has 0 aromatic heterocycles. The van der Waals surface area contributed by atoms with Gasteiger partial charge in [-0.2, -0.15) is 0 Å². The monoisotopic (exact) mass is 398 g/mol. The van der Waals surface area contributed by atoms with E-state index in [9.17, 15) is 9.59 Å². The topological polar surface area (TPSA) is 76.7 Å². The van der Waals surface area contributed by atoms with Crippen molar-refractivity contribution in [1.82, 2.24) is 10.9 Å². The van der Waals surface area contributed by atoms with Gasteiger partial charge in [-0.1, -0.05) is 52.0 Å². The quantitative estimate of drug-likeness (QED) is 0.691. The van der Waals surface area contributed by atoms with Crippen LogP contribution in [-0.4, -0.2) is 24.5 Å². The third-order valence-electron chi connectivity index (χ3n) is 4.30. The fraction of sp³-hybridized carbons (Fsp3) is 0.391. The molecule has 0 aliphatic heterocycles. The zero-order valence-electron chi connectivity index (χ0n) is 17.7. The van der Waals surface area contributed by atoms with Crippen LogP contribution in [0.1, 0.15) is 57.0 Å². The first-order chi connectivity index (χ1) is 13.7. The van der Waals surface area contributed by atoms with Gasteiger partial charge in [-0.05, 0) is 48.6 Å². The Morgan fingerprint density at radius 2 is 1.66 bits per heavy atom. The van der Waals surface area contributed by atoms with Gasteiger partial charge in [0, 0.05) is 0 Å². The van der Waals surface area contributed by atoms with Crippen LogP contribution in [-0.2, 0) is 10.2 Å². The molecular formula is C23H30N2O4. The standard InChI is InChI=1S/C23H30N2O4/c1-6-15-28-20-10-8-7-9-19(20)22(27)25-24-21(26)16(2)29-18-13-11-17(12-14-18)23(3,4)5/h7-14,16H,6,15H2,1-5H3,(H,24,26)(H,25,27). The van der Waals surface area contributed by atoms with E-state index in [1.807, 2.05) is 31.2 Å². The maximum Gasteiger partial charge on any atom is 0.279 e. The number of carbonyl (C=O) groups is 2. The maximum absolute atomic E-state index is 12.4. The second-order valence-electron chi connectivity index (χ2n) is 7.82. The second kappa shape index (κ2) is 9.96. The molecule has 2 amide bonds. The number of carbonyl (C=O) groups excluding carboxylic acids is 2. The van der Waals surface area contributed by atoms with Crippen LogP contribution in [0.3, 0.4) is 0 Å². The van der Waals surface area contributed by atoms with Crippen LogP contribution in [0, 0.1) is 0 Å². The van der Waals surface area contributed by atoms with Crippen molar-refractivity contribution in [3.05, 3.63) is 59.7 Å². The third kappa shape index (κ3) is 6.52. The SMILES string of the molecule is CCCOc1ccccc1C(=O)NNC(=O)C(C)Oc1ccc(C(C)(C)C)cc1. The number of ether oxygens (including phenoxy) is 2. The Labute approximate surface area is 172 Å². The van der Waals surface area contributed by atoms with Crippen molar-refractivity contribution in [3.8, 4) is 11.5 Å². The zero-order valence-corrected chi connectivity index (χ0v) is 17.7. The van der Waals surface area contributed by atoms with Crippen LogP contribution in [0.2, 0.25) is 0 Å². The summed E-state index contributed by atoms with van der Waals surface area (Å²) in [6.45, 7) is 10.5. The number of hydrogen-bond acceptors (Lipinski definition) is 4. The summed E-state index contributed by atoms with van der Waals surface area (Å²) in [7, 11) is 0. The molecule has 0 radical (unpaired) electrons. The molecule has 6 nitrogen and oxygen atoms in total. The van der Waals surface area contributed by atoms with E-state index >= 15 is 0 Å². The van der Waals surface area contributed by atoms with Gasteiger partial charge >= 0.3 is 0 Å². The average molecular weight is 399 g/mol. The highest BCUT2D eigenvalue weighted by molar-refractivity contribution is 5.98. The van der Waals surface area contributed by atoms with E-state index in [0.29, 0.717) is 23.7 Å². The lowest BCUT2D eigenvalue weighted by Crippen LogP contribution is -2.47. The molecule has 156 valence electrons. The maximum atomic E-state index is 12.4. The molecule has 2 aromatic rings. The molecule has 2 rings (SSSR count). The number of amides is 2. The van der Waals surface area contributed by atoms with E-state index in [-0.39, 0.29) is 5.41 Å². The van der Waals surface area contributed by atoms with Gasteiger partial charge in [0.05, 0.1) is 12.2 Å². The number of benzene rings is 2. The highest BCUT2D eigenvalue weighted by Crippen LogP contribution is 2.24. The molecule has 29 heavy (non-hydrogen) atoms. The summed E-state index contributed by atoms with van der Waals surface area (Å²) in [6, 6.07) is 14.5. The fourth-order valence-electron chi connectivity index (χ4n) is 2.57. The Bertz CT molecular complexity index is 826. The highest BCUT2D eigenvalue weighted by Gasteiger charge is 2.18. The van der Waals surface area contributed by atoms with Crippen LogP contribution in [0.4, 0.5) is 0 Å². The van der Waals surface area contributed by atoms with Gasteiger partial charge in [0.2, 0.25) is 0 Å². The molecule has 0 saturated heterocycles. The van der Waals surface area contributed by atoms with Crippen molar-refractivity contribution in [2.75, 3.05) is 6.61 Å². The minimum absolute atomic E-state index is 0.0446. The predicted molar refractivity (Wildman–Crippen MR) is 113 cm³/mol. The molecule has 0 fully saturated rings. The van der Waals surface area contributed by atoms with Crippen LogP contribution in [0.5, 0.6) is 11.5 Å². The van der Waals surface area contributed by atoms with Crippen LogP contribution in [0.25, 0.3) is 0 Å². The van der Waals surface area contributed by atoms with Gasteiger partial charge in [0.25, 0.3) is 11.8 Å². The van der Waals surface area contributed by atoms with E-state index in [4.69, 9.17) is 9.47 Å². The summed E-state index contributed by atoms with van der Waals surface area (Å²) in [4.78, 5) is 24.7. The Morgan fingerprint density at radius 1 is 1.00 bits per heavy atom. The molecule has 0 bridgehead atoms. The predicted octanol–water partition coefficient (Wildman–Crippen LogP) is 4.00. The minimum atomic E-state index is -0.776. The molecule has 2 aromatic carbocycles. The van der Waals surface area contributed by atoms with E-state index in [1.54, 1.807) is 31.2 Å². The van der Waals surface area contributed by atoms with E-state index in [0.717, 1.165) is 6.42 Å². The summed E-state index contributed by atoms with van der Waals surface area (Å²) in [6.07, 6.45) is 0.0560. The van der Waals surface area contributed by atoms with E-state index < -0.39 is 17.9 Å². The molecular weight excluding hydrogens is 368 g/mol. The van der Waals surface area contributed by atoms with Crippen LogP contribution < -0.4 is 20.3 Å². The molecule has 6 heteroatoms. The fourth-order valence-corrected chi connectivity index (χ4v) is 2.57.